The molecule has 1 aliphatic carbocycles. The van der Waals surface area contributed by atoms with E-state index in [4.69, 9.17) is 9.97 Å². The maximum absolute atomic E-state index is 5.34. The van der Waals surface area contributed by atoms with Crippen LogP contribution in [0.1, 0.15) is 25.0 Å². The highest BCUT2D eigenvalue weighted by Crippen LogP contribution is 2.51. The second-order valence-corrected chi connectivity index (χ2v) is 17.3. The molecule has 0 spiro atoms. The largest absolute Gasteiger partial charge is 0.228 e. The lowest BCUT2D eigenvalue weighted by Gasteiger charge is -2.22. The molecule has 0 aliphatic heterocycles. The Bertz CT molecular complexity index is 3580. The maximum atomic E-state index is 5.34. The van der Waals surface area contributed by atoms with Crippen molar-refractivity contribution in [1.82, 2.24) is 9.97 Å². The first-order valence-corrected chi connectivity index (χ1v) is 21.8. The van der Waals surface area contributed by atoms with E-state index in [2.05, 4.69) is 226 Å². The Labute approximate surface area is 367 Å². The van der Waals surface area contributed by atoms with Crippen LogP contribution in [0.25, 0.3) is 111 Å². The Kier molecular flexibility index (Phi) is 8.55. The van der Waals surface area contributed by atoms with E-state index >= 15 is 0 Å². The van der Waals surface area contributed by atoms with Crippen LogP contribution in [0.5, 0.6) is 0 Å². The molecule has 0 unspecified atom stereocenters. The molecule has 0 amide bonds. The van der Waals surface area contributed by atoms with Gasteiger partial charge in [0.15, 0.2) is 5.82 Å². The van der Waals surface area contributed by atoms with Gasteiger partial charge in [-0.25, -0.2) is 9.97 Å². The fraction of sp³-hybridized carbons (Fsp3) is 0.0492. The van der Waals surface area contributed by atoms with Crippen molar-refractivity contribution in [2.24, 2.45) is 0 Å². The van der Waals surface area contributed by atoms with Crippen molar-refractivity contribution in [2.75, 3.05) is 0 Å². The summed E-state index contributed by atoms with van der Waals surface area (Å²) in [7, 11) is 0. The van der Waals surface area contributed by atoms with Gasteiger partial charge in [-0.2, -0.15) is 0 Å². The van der Waals surface area contributed by atoms with Gasteiger partial charge < -0.3 is 0 Å². The van der Waals surface area contributed by atoms with E-state index in [1.165, 1.54) is 77.0 Å². The molecule has 63 heavy (non-hydrogen) atoms. The summed E-state index contributed by atoms with van der Waals surface area (Å²) in [6.45, 7) is 4.71. The van der Waals surface area contributed by atoms with Crippen LogP contribution in [0.4, 0.5) is 0 Å². The first kappa shape index (κ1) is 36.9. The topological polar surface area (TPSA) is 25.8 Å². The van der Waals surface area contributed by atoms with E-state index in [0.29, 0.717) is 5.82 Å². The van der Waals surface area contributed by atoms with Gasteiger partial charge in [0.2, 0.25) is 0 Å². The Hall–Kier alpha value is -7.94. The number of hydrogen-bond acceptors (Lipinski definition) is 2. The zero-order valence-corrected chi connectivity index (χ0v) is 35.2. The minimum atomic E-state index is -0.0819. The Morgan fingerprint density at radius 3 is 1.57 bits per heavy atom. The number of hydrogen-bond donors (Lipinski definition) is 0. The SMILES string of the molecule is CC1(C)c2ccc(-c3ccc(-c4nc(-c5ccccc5)cc(-c5ccc(-c6cccc(-c7cccc8ccccc78)c6)cc5)n4)c4ccccc34)cc2-c2cc3ccccc3cc21. The average molecular weight is 803 g/mol. The molecular formula is C61H42N2. The van der Waals surface area contributed by atoms with Gasteiger partial charge in [0, 0.05) is 22.1 Å². The molecule has 11 aromatic rings. The first-order valence-electron chi connectivity index (χ1n) is 21.8. The van der Waals surface area contributed by atoms with Crippen LogP contribution in [0, 0.1) is 0 Å². The summed E-state index contributed by atoms with van der Waals surface area (Å²) in [5.41, 5.74) is 17.4. The van der Waals surface area contributed by atoms with Crippen molar-refractivity contribution in [3.8, 4) is 78.4 Å². The highest BCUT2D eigenvalue weighted by Gasteiger charge is 2.36. The smallest absolute Gasteiger partial charge is 0.161 e. The zero-order chi connectivity index (χ0) is 42.1. The van der Waals surface area contributed by atoms with Crippen LogP contribution in [0.3, 0.4) is 0 Å². The van der Waals surface area contributed by atoms with E-state index in [-0.39, 0.29) is 5.41 Å². The molecule has 0 saturated carbocycles. The van der Waals surface area contributed by atoms with Crippen molar-refractivity contribution in [1.29, 1.82) is 0 Å². The van der Waals surface area contributed by atoms with Gasteiger partial charge in [0.1, 0.15) is 0 Å². The van der Waals surface area contributed by atoms with Gasteiger partial charge >= 0.3 is 0 Å². The summed E-state index contributed by atoms with van der Waals surface area (Å²) < 4.78 is 0. The predicted octanol–water partition coefficient (Wildman–Crippen LogP) is 16.2. The third-order valence-electron chi connectivity index (χ3n) is 13.3. The second kappa shape index (κ2) is 14.6. The molecular weight excluding hydrogens is 761 g/mol. The molecule has 0 N–H and O–H groups in total. The van der Waals surface area contributed by atoms with Gasteiger partial charge in [-0.3, -0.25) is 0 Å². The minimum absolute atomic E-state index is 0.0819. The molecule has 0 saturated heterocycles. The van der Waals surface area contributed by atoms with E-state index in [1.807, 2.05) is 6.07 Å². The quantitative estimate of drug-likeness (QED) is 0.167. The number of aromatic nitrogens is 2. The molecule has 0 bridgehead atoms. The predicted molar refractivity (Wildman–Crippen MR) is 265 cm³/mol. The van der Waals surface area contributed by atoms with Gasteiger partial charge in [-0.05, 0) is 124 Å². The molecule has 1 aliphatic rings. The summed E-state index contributed by atoms with van der Waals surface area (Å²) in [6.07, 6.45) is 0. The van der Waals surface area contributed by atoms with E-state index in [1.54, 1.807) is 0 Å². The highest BCUT2D eigenvalue weighted by atomic mass is 14.9. The van der Waals surface area contributed by atoms with Crippen molar-refractivity contribution >= 4 is 32.3 Å². The summed E-state index contributed by atoms with van der Waals surface area (Å²) in [6, 6.07) is 79.1. The zero-order valence-electron chi connectivity index (χ0n) is 35.2. The van der Waals surface area contributed by atoms with Crippen LogP contribution in [-0.4, -0.2) is 9.97 Å². The van der Waals surface area contributed by atoms with Crippen LogP contribution < -0.4 is 0 Å². The molecule has 2 heteroatoms. The molecule has 2 nitrogen and oxygen atoms in total. The number of benzene rings is 10. The standard InChI is InChI=1S/C61H42N2/c1-61(2)56-33-30-47(36-54(56)55-35-44-17-6-7-18-45(44)37-57(55)61)50-31-32-53(52-24-11-10-23-51(50)52)60-62-58(41-15-4-3-5-16-41)38-59(63-60)42-28-26-39(27-29-42)43-20-12-21-46(34-43)49-25-13-19-40-14-8-9-22-48(40)49/h3-38H,1-2H3. The van der Waals surface area contributed by atoms with Gasteiger partial charge in [0.05, 0.1) is 11.4 Å². The van der Waals surface area contributed by atoms with Gasteiger partial charge in [-0.1, -0.05) is 196 Å². The molecule has 1 aromatic heterocycles. The third kappa shape index (κ3) is 6.25. The molecule has 12 rings (SSSR count). The molecule has 0 radical (unpaired) electrons. The van der Waals surface area contributed by atoms with E-state index < -0.39 is 0 Å². The average Bonchev–Trinajstić information content (AvgIpc) is 3.56. The minimum Gasteiger partial charge on any atom is -0.228 e. The van der Waals surface area contributed by atoms with Crippen molar-refractivity contribution in [3.63, 3.8) is 0 Å². The fourth-order valence-electron chi connectivity index (χ4n) is 10.00. The lowest BCUT2D eigenvalue weighted by molar-refractivity contribution is 0.661. The Balaban J connectivity index is 0.941. The number of fused-ring (bicyclic) bond motifs is 6. The summed E-state index contributed by atoms with van der Waals surface area (Å²) in [5.74, 6) is 0.706. The van der Waals surface area contributed by atoms with Crippen LogP contribution in [0.2, 0.25) is 0 Å². The van der Waals surface area contributed by atoms with Crippen LogP contribution >= 0.6 is 0 Å². The Morgan fingerprint density at radius 2 is 0.794 bits per heavy atom. The summed E-state index contributed by atoms with van der Waals surface area (Å²) in [5, 5.41) is 7.37. The highest BCUT2D eigenvalue weighted by molar-refractivity contribution is 6.05. The number of nitrogens with zero attached hydrogens (tertiary/aromatic N) is 2. The van der Waals surface area contributed by atoms with Crippen molar-refractivity contribution in [3.05, 3.63) is 230 Å². The lowest BCUT2D eigenvalue weighted by Crippen LogP contribution is -2.14. The second-order valence-electron chi connectivity index (χ2n) is 17.3. The monoisotopic (exact) mass is 802 g/mol. The van der Waals surface area contributed by atoms with Crippen molar-refractivity contribution in [2.45, 2.75) is 19.3 Å². The Morgan fingerprint density at radius 1 is 0.286 bits per heavy atom. The maximum Gasteiger partial charge on any atom is 0.161 e. The third-order valence-corrected chi connectivity index (χ3v) is 13.3. The first-order chi connectivity index (χ1) is 31.0. The molecule has 1 heterocycles. The molecule has 296 valence electrons. The molecule has 0 atom stereocenters. The van der Waals surface area contributed by atoms with Gasteiger partial charge in [-0.15, -0.1) is 0 Å². The summed E-state index contributed by atoms with van der Waals surface area (Å²) >= 11 is 0. The molecule has 10 aromatic carbocycles. The van der Waals surface area contributed by atoms with Crippen LogP contribution in [-0.2, 0) is 5.41 Å². The van der Waals surface area contributed by atoms with E-state index in [0.717, 1.165) is 39.0 Å². The van der Waals surface area contributed by atoms with Gasteiger partial charge in [0.25, 0.3) is 0 Å². The summed E-state index contributed by atoms with van der Waals surface area (Å²) in [4.78, 5) is 10.6. The van der Waals surface area contributed by atoms with Crippen LogP contribution in [0.15, 0.2) is 218 Å². The number of rotatable bonds is 6. The lowest BCUT2D eigenvalue weighted by atomic mass is 9.81. The fourth-order valence-corrected chi connectivity index (χ4v) is 10.00. The van der Waals surface area contributed by atoms with E-state index in [9.17, 15) is 0 Å². The molecule has 0 fully saturated rings. The normalized spacial score (nSPS) is 12.7. The van der Waals surface area contributed by atoms with Crippen molar-refractivity contribution < 1.29 is 0 Å².